The fourth-order valence-corrected chi connectivity index (χ4v) is 2.53. The Bertz CT molecular complexity index is 775. The van der Waals surface area contributed by atoms with E-state index in [2.05, 4.69) is 0 Å². The van der Waals surface area contributed by atoms with Gasteiger partial charge in [-0.2, -0.15) is 0 Å². The van der Waals surface area contributed by atoms with Crippen molar-refractivity contribution in [1.29, 1.82) is 0 Å². The number of carbonyl (C=O) groups is 3. The molecule has 0 N–H and O–H groups in total. The Labute approximate surface area is 127 Å². The molecule has 1 heterocycles. The summed E-state index contributed by atoms with van der Waals surface area (Å²) >= 11 is 0. The van der Waals surface area contributed by atoms with Gasteiger partial charge in [0.2, 0.25) is 0 Å². The molecule has 3 rings (SSSR count). The van der Waals surface area contributed by atoms with Crippen molar-refractivity contribution in [2.45, 2.75) is 6.92 Å². The highest BCUT2D eigenvalue weighted by atomic mass is 16.5. The van der Waals surface area contributed by atoms with Crippen molar-refractivity contribution in [3.8, 4) is 0 Å². The minimum absolute atomic E-state index is 0.192. The number of fused-ring (bicyclic) bond motifs is 1. The normalized spacial score (nSPS) is 13.3. The van der Waals surface area contributed by atoms with Gasteiger partial charge in [0.25, 0.3) is 11.8 Å². The van der Waals surface area contributed by atoms with Gasteiger partial charge < -0.3 is 4.74 Å². The van der Waals surface area contributed by atoms with Crippen molar-refractivity contribution in [3.63, 3.8) is 0 Å². The molecule has 5 heteroatoms. The third-order valence-corrected chi connectivity index (χ3v) is 3.59. The number of hydrogen-bond donors (Lipinski definition) is 0. The molecule has 22 heavy (non-hydrogen) atoms. The van der Waals surface area contributed by atoms with Crippen LogP contribution in [0.15, 0.2) is 42.5 Å². The molecule has 0 bridgehead atoms. The highest BCUT2D eigenvalue weighted by molar-refractivity contribution is 6.35. The molecule has 0 spiro atoms. The van der Waals surface area contributed by atoms with Gasteiger partial charge in [-0.05, 0) is 31.2 Å². The molecular formula is C17H13NO4. The molecule has 0 aliphatic carbocycles. The first-order valence-corrected chi connectivity index (χ1v) is 6.71. The first-order chi connectivity index (χ1) is 10.5. The molecule has 0 saturated carbocycles. The lowest BCUT2D eigenvalue weighted by molar-refractivity contribution is 0.0601. The van der Waals surface area contributed by atoms with Crippen LogP contribution in [0.2, 0.25) is 0 Å². The molecular weight excluding hydrogens is 282 g/mol. The van der Waals surface area contributed by atoms with Crippen LogP contribution >= 0.6 is 0 Å². The van der Waals surface area contributed by atoms with Crippen molar-refractivity contribution in [2.75, 3.05) is 12.0 Å². The Morgan fingerprint density at radius 1 is 1.00 bits per heavy atom. The average Bonchev–Trinajstić information content (AvgIpc) is 2.79. The van der Waals surface area contributed by atoms with Gasteiger partial charge >= 0.3 is 5.97 Å². The summed E-state index contributed by atoms with van der Waals surface area (Å²) in [5, 5.41) is 0. The lowest BCUT2D eigenvalue weighted by Gasteiger charge is -2.17. The number of hydrogen-bond acceptors (Lipinski definition) is 4. The second-order valence-corrected chi connectivity index (χ2v) is 5.00. The van der Waals surface area contributed by atoms with E-state index < -0.39 is 17.8 Å². The largest absolute Gasteiger partial charge is 0.465 e. The second-order valence-electron chi connectivity index (χ2n) is 5.00. The number of aryl methyl sites for hydroxylation is 1. The number of benzene rings is 2. The number of imide groups is 1. The van der Waals surface area contributed by atoms with Crippen LogP contribution in [0.5, 0.6) is 0 Å². The Kier molecular flexibility index (Phi) is 3.25. The van der Waals surface area contributed by atoms with E-state index >= 15 is 0 Å². The van der Waals surface area contributed by atoms with E-state index in [9.17, 15) is 14.4 Å². The molecule has 0 saturated heterocycles. The van der Waals surface area contributed by atoms with E-state index in [-0.39, 0.29) is 11.3 Å². The van der Waals surface area contributed by atoms with E-state index in [1.165, 1.54) is 7.11 Å². The number of carbonyl (C=O) groups excluding carboxylic acids is 3. The number of esters is 1. The van der Waals surface area contributed by atoms with Crippen molar-refractivity contribution >= 4 is 23.5 Å². The molecule has 2 aromatic carbocycles. The molecule has 0 atom stereocenters. The Balaban J connectivity index is 2.16. The number of ether oxygens (including phenoxy) is 1. The van der Waals surface area contributed by atoms with Gasteiger partial charge in [-0.25, -0.2) is 9.69 Å². The molecule has 1 aliphatic rings. The third-order valence-electron chi connectivity index (χ3n) is 3.59. The maximum absolute atomic E-state index is 12.5. The van der Waals surface area contributed by atoms with Gasteiger partial charge in [0, 0.05) is 0 Å². The zero-order valence-corrected chi connectivity index (χ0v) is 12.1. The molecule has 0 aromatic heterocycles. The van der Waals surface area contributed by atoms with Crippen LogP contribution in [-0.4, -0.2) is 24.9 Å². The monoisotopic (exact) mass is 295 g/mol. The zero-order valence-electron chi connectivity index (χ0n) is 12.1. The molecule has 2 aromatic rings. The number of methoxy groups -OCH3 is 1. The smallest absolute Gasteiger partial charge is 0.340 e. The molecule has 110 valence electrons. The number of anilines is 1. The molecule has 2 amide bonds. The van der Waals surface area contributed by atoms with Crippen molar-refractivity contribution in [3.05, 3.63) is 64.7 Å². The van der Waals surface area contributed by atoms with Crippen LogP contribution in [-0.2, 0) is 4.74 Å². The lowest BCUT2D eigenvalue weighted by atomic mass is 10.1. The van der Waals surface area contributed by atoms with Gasteiger partial charge in [-0.1, -0.05) is 23.8 Å². The fraction of sp³-hybridized carbons (Fsp3) is 0.118. The fourth-order valence-electron chi connectivity index (χ4n) is 2.53. The Hall–Kier alpha value is -2.95. The average molecular weight is 295 g/mol. The summed E-state index contributed by atoms with van der Waals surface area (Å²) in [6.45, 7) is 1.82. The predicted octanol–water partition coefficient (Wildman–Crippen LogP) is 2.58. The summed E-state index contributed by atoms with van der Waals surface area (Å²) in [6.07, 6.45) is 0. The van der Waals surface area contributed by atoms with Gasteiger partial charge in [0.1, 0.15) is 0 Å². The van der Waals surface area contributed by atoms with E-state index in [0.717, 1.165) is 10.5 Å². The number of amides is 2. The summed E-state index contributed by atoms with van der Waals surface area (Å²) in [6, 6.07) is 11.5. The highest BCUT2D eigenvalue weighted by Crippen LogP contribution is 2.31. The Morgan fingerprint density at radius 2 is 1.59 bits per heavy atom. The van der Waals surface area contributed by atoms with Gasteiger partial charge in [-0.15, -0.1) is 0 Å². The van der Waals surface area contributed by atoms with E-state index in [4.69, 9.17) is 4.74 Å². The minimum atomic E-state index is -0.588. The van der Waals surface area contributed by atoms with Crippen LogP contribution in [0.3, 0.4) is 0 Å². The Morgan fingerprint density at radius 3 is 2.14 bits per heavy atom. The van der Waals surface area contributed by atoms with Crippen molar-refractivity contribution in [2.24, 2.45) is 0 Å². The van der Waals surface area contributed by atoms with Gasteiger partial charge in [0.05, 0.1) is 29.5 Å². The lowest BCUT2D eigenvalue weighted by Crippen LogP contribution is -2.31. The summed E-state index contributed by atoms with van der Waals surface area (Å²) in [5.41, 5.74) is 1.94. The van der Waals surface area contributed by atoms with Crippen LogP contribution in [0, 0.1) is 6.92 Å². The summed E-state index contributed by atoms with van der Waals surface area (Å²) in [7, 11) is 1.26. The third kappa shape index (κ3) is 1.98. The summed E-state index contributed by atoms with van der Waals surface area (Å²) in [4.78, 5) is 38.0. The summed E-state index contributed by atoms with van der Waals surface area (Å²) < 4.78 is 4.75. The topological polar surface area (TPSA) is 63.7 Å². The molecule has 0 radical (unpaired) electrons. The molecule has 0 fully saturated rings. The second kappa shape index (κ2) is 5.11. The standard InChI is InChI=1S/C17H13NO4/c1-10-7-8-14(13(9-10)17(21)22-2)18-15(19)11-5-3-4-6-12(11)16(18)20/h3-9H,1-2H3. The van der Waals surface area contributed by atoms with E-state index in [1.54, 1.807) is 42.5 Å². The zero-order chi connectivity index (χ0) is 15.9. The van der Waals surface area contributed by atoms with E-state index in [0.29, 0.717) is 11.1 Å². The number of nitrogens with zero attached hydrogens (tertiary/aromatic N) is 1. The predicted molar refractivity (Wildman–Crippen MR) is 80.1 cm³/mol. The molecule has 0 unspecified atom stereocenters. The summed E-state index contributed by atoms with van der Waals surface area (Å²) in [5.74, 6) is -1.46. The molecule has 5 nitrogen and oxygen atoms in total. The first kappa shape index (κ1) is 14.0. The van der Waals surface area contributed by atoms with Gasteiger partial charge in [-0.3, -0.25) is 9.59 Å². The first-order valence-electron chi connectivity index (χ1n) is 6.71. The minimum Gasteiger partial charge on any atom is -0.465 e. The SMILES string of the molecule is COC(=O)c1cc(C)ccc1N1C(=O)c2ccccc2C1=O. The van der Waals surface area contributed by atoms with Gasteiger partial charge in [0.15, 0.2) is 0 Å². The quantitative estimate of drug-likeness (QED) is 0.631. The molecule has 1 aliphatic heterocycles. The van der Waals surface area contributed by atoms with Crippen LogP contribution in [0.1, 0.15) is 36.6 Å². The van der Waals surface area contributed by atoms with Crippen molar-refractivity contribution < 1.29 is 19.1 Å². The maximum atomic E-state index is 12.5. The van der Waals surface area contributed by atoms with Crippen LogP contribution < -0.4 is 4.90 Å². The van der Waals surface area contributed by atoms with Crippen LogP contribution in [0.25, 0.3) is 0 Å². The highest BCUT2D eigenvalue weighted by Gasteiger charge is 2.38. The van der Waals surface area contributed by atoms with Crippen LogP contribution in [0.4, 0.5) is 5.69 Å². The van der Waals surface area contributed by atoms with E-state index in [1.807, 2.05) is 6.92 Å². The van der Waals surface area contributed by atoms with Crippen molar-refractivity contribution in [1.82, 2.24) is 0 Å². The number of rotatable bonds is 2. The maximum Gasteiger partial charge on any atom is 0.340 e.